The van der Waals surface area contributed by atoms with E-state index in [1.54, 1.807) is 6.20 Å². The third kappa shape index (κ3) is 4.42. The topological polar surface area (TPSA) is 72.3 Å². The zero-order valence-corrected chi connectivity index (χ0v) is 16.8. The number of benzene rings is 1. The minimum Gasteiger partial charge on any atom is -0.371 e. The lowest BCUT2D eigenvalue weighted by molar-refractivity contribution is -0.125. The zero-order valence-electron chi connectivity index (χ0n) is 16.8. The van der Waals surface area contributed by atoms with E-state index in [2.05, 4.69) is 40.0 Å². The highest BCUT2D eigenvalue weighted by Gasteiger charge is 2.26. The normalized spacial score (nSPS) is 15.0. The van der Waals surface area contributed by atoms with E-state index in [1.807, 2.05) is 24.3 Å². The molecule has 1 amide bonds. The third-order valence-electron chi connectivity index (χ3n) is 5.70. The van der Waals surface area contributed by atoms with E-state index in [1.165, 1.54) is 0 Å². The predicted octanol–water partition coefficient (Wildman–Crippen LogP) is 2.78. The number of nitrogens with zero attached hydrogens (tertiary/aromatic N) is 4. The quantitative estimate of drug-likeness (QED) is 0.801. The van der Waals surface area contributed by atoms with Crippen LogP contribution in [0.3, 0.4) is 0 Å². The Hall–Kier alpha value is -2.65. The first kappa shape index (κ1) is 20.1. The van der Waals surface area contributed by atoms with Gasteiger partial charge in [0.2, 0.25) is 5.91 Å². The molecule has 2 aromatic rings. The van der Waals surface area contributed by atoms with Gasteiger partial charge in [0.05, 0.1) is 11.1 Å². The summed E-state index contributed by atoms with van der Waals surface area (Å²) < 4.78 is 0. The summed E-state index contributed by atoms with van der Waals surface area (Å²) in [6.45, 7) is 9.60. The molecule has 0 atom stereocenters. The number of likely N-dealkylation sites (N-methyl/N-ethyl adjacent to an activating group) is 1. The van der Waals surface area contributed by atoms with E-state index < -0.39 is 0 Å². The molecule has 1 fully saturated rings. The van der Waals surface area contributed by atoms with E-state index in [0.717, 1.165) is 62.2 Å². The Morgan fingerprint density at radius 3 is 2.71 bits per heavy atom. The molecule has 1 aliphatic rings. The molecule has 148 valence electrons. The monoisotopic (exact) mass is 379 g/mol. The van der Waals surface area contributed by atoms with Crippen LogP contribution in [0.15, 0.2) is 30.5 Å². The Bertz CT molecular complexity index is 848. The average molecular weight is 380 g/mol. The van der Waals surface area contributed by atoms with Crippen molar-refractivity contribution in [3.8, 4) is 6.07 Å². The zero-order chi connectivity index (χ0) is 19.9. The largest absolute Gasteiger partial charge is 0.371 e. The molecule has 1 N–H and O–H groups in total. The number of pyridine rings is 1. The smallest absolute Gasteiger partial charge is 0.223 e. The van der Waals surface area contributed by atoms with Crippen LogP contribution in [0.2, 0.25) is 0 Å². The first-order valence-electron chi connectivity index (χ1n) is 10.2. The van der Waals surface area contributed by atoms with Crippen LogP contribution in [0.1, 0.15) is 32.3 Å². The number of anilines is 1. The Balaban J connectivity index is 1.59. The van der Waals surface area contributed by atoms with Crippen LogP contribution in [0.5, 0.6) is 0 Å². The number of carbonyl (C=O) groups is 1. The van der Waals surface area contributed by atoms with Gasteiger partial charge in [-0.2, -0.15) is 5.26 Å². The summed E-state index contributed by atoms with van der Waals surface area (Å²) >= 11 is 0. The first-order chi connectivity index (χ1) is 13.7. The van der Waals surface area contributed by atoms with Crippen molar-refractivity contribution in [2.45, 2.75) is 26.7 Å². The van der Waals surface area contributed by atoms with Gasteiger partial charge in [0.15, 0.2) is 0 Å². The maximum Gasteiger partial charge on any atom is 0.223 e. The van der Waals surface area contributed by atoms with Gasteiger partial charge < -0.3 is 15.1 Å². The van der Waals surface area contributed by atoms with Crippen LogP contribution in [-0.4, -0.2) is 55.1 Å². The van der Waals surface area contributed by atoms with Crippen LogP contribution >= 0.6 is 0 Å². The second kappa shape index (κ2) is 9.52. The summed E-state index contributed by atoms with van der Waals surface area (Å²) in [6.07, 6.45) is 3.42. The molecule has 0 saturated carbocycles. The van der Waals surface area contributed by atoms with Crippen molar-refractivity contribution in [3.05, 3.63) is 36.0 Å². The van der Waals surface area contributed by atoms with E-state index >= 15 is 0 Å². The lowest BCUT2D eigenvalue weighted by Gasteiger charge is -2.33. The molecule has 0 radical (unpaired) electrons. The molecular formula is C22H29N5O. The number of nitriles is 1. The number of rotatable bonds is 7. The van der Waals surface area contributed by atoms with E-state index in [4.69, 9.17) is 0 Å². The lowest BCUT2D eigenvalue weighted by Crippen LogP contribution is -2.42. The fourth-order valence-electron chi connectivity index (χ4n) is 3.93. The van der Waals surface area contributed by atoms with Gasteiger partial charge >= 0.3 is 0 Å². The Kier molecular flexibility index (Phi) is 6.83. The molecule has 0 unspecified atom stereocenters. The Morgan fingerprint density at radius 1 is 1.29 bits per heavy atom. The number of piperidine rings is 1. The molecule has 28 heavy (non-hydrogen) atoms. The van der Waals surface area contributed by atoms with Crippen LogP contribution in [0, 0.1) is 17.2 Å². The summed E-state index contributed by atoms with van der Waals surface area (Å²) in [7, 11) is 0. The van der Waals surface area contributed by atoms with Gasteiger partial charge in [-0.1, -0.05) is 13.8 Å². The Labute approximate surface area is 167 Å². The standard InChI is InChI=1S/C22H29N5O/c1-3-26(4-2)15-12-25-22(28)17-9-13-27(14-10-17)20-8-7-18(16-23)21-19(20)6-5-11-24-21/h5-8,11,17H,3-4,9-10,12-15H2,1-2H3,(H,25,28). The average Bonchev–Trinajstić information content (AvgIpc) is 2.76. The molecule has 1 saturated heterocycles. The summed E-state index contributed by atoms with van der Waals surface area (Å²) in [5.41, 5.74) is 2.45. The SMILES string of the molecule is CCN(CC)CCNC(=O)C1CCN(c2ccc(C#N)c3ncccc23)CC1. The number of aromatic nitrogens is 1. The van der Waals surface area contributed by atoms with Gasteiger partial charge in [0, 0.05) is 49.4 Å². The van der Waals surface area contributed by atoms with E-state index in [9.17, 15) is 10.1 Å². The molecule has 2 heterocycles. The van der Waals surface area contributed by atoms with Crippen LogP contribution < -0.4 is 10.2 Å². The van der Waals surface area contributed by atoms with Crippen molar-refractivity contribution in [1.82, 2.24) is 15.2 Å². The van der Waals surface area contributed by atoms with Crippen LogP contribution in [0.4, 0.5) is 5.69 Å². The van der Waals surface area contributed by atoms with Crippen LogP contribution in [0.25, 0.3) is 10.9 Å². The minimum absolute atomic E-state index is 0.0794. The molecule has 6 heteroatoms. The van der Waals surface area contributed by atoms with Crippen molar-refractivity contribution in [3.63, 3.8) is 0 Å². The van der Waals surface area contributed by atoms with Gasteiger partial charge in [-0.3, -0.25) is 9.78 Å². The number of nitrogens with one attached hydrogen (secondary N) is 1. The maximum absolute atomic E-state index is 12.5. The molecule has 1 aromatic heterocycles. The lowest BCUT2D eigenvalue weighted by atomic mass is 9.95. The highest BCUT2D eigenvalue weighted by atomic mass is 16.1. The minimum atomic E-state index is 0.0794. The molecule has 3 rings (SSSR count). The molecule has 6 nitrogen and oxygen atoms in total. The summed E-state index contributed by atoms with van der Waals surface area (Å²) in [5.74, 6) is 0.258. The Morgan fingerprint density at radius 2 is 2.04 bits per heavy atom. The van der Waals surface area contributed by atoms with Crippen molar-refractivity contribution < 1.29 is 4.79 Å². The second-order valence-electron chi connectivity index (χ2n) is 7.22. The summed E-state index contributed by atoms with van der Waals surface area (Å²) in [5, 5.41) is 13.4. The molecule has 1 aromatic carbocycles. The number of fused-ring (bicyclic) bond motifs is 1. The number of amides is 1. The first-order valence-corrected chi connectivity index (χ1v) is 10.2. The highest BCUT2D eigenvalue weighted by molar-refractivity contribution is 5.95. The van der Waals surface area contributed by atoms with Gasteiger partial charge in [-0.05, 0) is 50.2 Å². The second-order valence-corrected chi connectivity index (χ2v) is 7.22. The van der Waals surface area contributed by atoms with Crippen molar-refractivity contribution in [1.29, 1.82) is 5.26 Å². The van der Waals surface area contributed by atoms with Gasteiger partial charge in [0.1, 0.15) is 6.07 Å². The van der Waals surface area contributed by atoms with E-state index in [-0.39, 0.29) is 11.8 Å². The maximum atomic E-state index is 12.5. The number of hydrogen-bond acceptors (Lipinski definition) is 5. The molecule has 0 bridgehead atoms. The summed E-state index contributed by atoms with van der Waals surface area (Å²) in [6, 6.07) is 10.00. The third-order valence-corrected chi connectivity index (χ3v) is 5.70. The molecule has 0 spiro atoms. The molecule has 1 aliphatic heterocycles. The highest BCUT2D eigenvalue weighted by Crippen LogP contribution is 2.31. The summed E-state index contributed by atoms with van der Waals surface area (Å²) in [4.78, 5) is 21.5. The fourth-order valence-corrected chi connectivity index (χ4v) is 3.93. The van der Waals surface area contributed by atoms with Gasteiger partial charge in [-0.25, -0.2) is 0 Å². The van der Waals surface area contributed by atoms with Crippen LogP contribution in [-0.2, 0) is 4.79 Å². The van der Waals surface area contributed by atoms with E-state index in [0.29, 0.717) is 12.1 Å². The van der Waals surface area contributed by atoms with Crippen molar-refractivity contribution in [2.75, 3.05) is 44.2 Å². The van der Waals surface area contributed by atoms with Gasteiger partial charge in [-0.15, -0.1) is 0 Å². The van der Waals surface area contributed by atoms with Crippen molar-refractivity contribution in [2.24, 2.45) is 5.92 Å². The van der Waals surface area contributed by atoms with Gasteiger partial charge in [0.25, 0.3) is 0 Å². The predicted molar refractivity (Wildman–Crippen MR) is 112 cm³/mol. The molecule has 0 aliphatic carbocycles. The fraction of sp³-hybridized carbons (Fsp3) is 0.500. The van der Waals surface area contributed by atoms with Crippen molar-refractivity contribution >= 4 is 22.5 Å². The number of hydrogen-bond donors (Lipinski definition) is 1. The molecular weight excluding hydrogens is 350 g/mol. The number of carbonyl (C=O) groups excluding carboxylic acids is 1.